The largest absolute Gasteiger partial charge is 0.497 e. The monoisotopic (exact) mass is 283 g/mol. The fourth-order valence-electron chi connectivity index (χ4n) is 2.99. The molecule has 0 saturated heterocycles. The molecular weight excluding hydrogens is 262 g/mol. The molecule has 0 amide bonds. The van der Waals surface area contributed by atoms with Gasteiger partial charge in [0, 0.05) is 6.07 Å². The van der Waals surface area contributed by atoms with Crippen molar-refractivity contribution < 1.29 is 9.47 Å². The molecule has 3 heteroatoms. The summed E-state index contributed by atoms with van der Waals surface area (Å²) in [5.74, 6) is 1.68. The standard InChI is InChI=1S/C18H21NO2/c1-12-4-5-13-6-8-16(15(13)10-12)19-17-11-14(20-2)7-9-18(17)21-3/h4-5,7,9-11,16,19H,6,8H2,1-3H3. The summed E-state index contributed by atoms with van der Waals surface area (Å²) in [4.78, 5) is 0. The van der Waals surface area contributed by atoms with Gasteiger partial charge < -0.3 is 14.8 Å². The van der Waals surface area contributed by atoms with Gasteiger partial charge in [-0.05, 0) is 43.0 Å². The molecule has 2 aromatic carbocycles. The minimum Gasteiger partial charge on any atom is -0.497 e. The molecule has 1 aliphatic carbocycles. The SMILES string of the molecule is COc1ccc(OC)c(NC2CCc3ccc(C)cc32)c1. The van der Waals surface area contributed by atoms with Crippen molar-refractivity contribution in [2.45, 2.75) is 25.8 Å². The van der Waals surface area contributed by atoms with E-state index in [0.29, 0.717) is 6.04 Å². The summed E-state index contributed by atoms with van der Waals surface area (Å²) < 4.78 is 10.8. The highest BCUT2D eigenvalue weighted by atomic mass is 16.5. The lowest BCUT2D eigenvalue weighted by molar-refractivity contribution is 0.404. The summed E-state index contributed by atoms with van der Waals surface area (Å²) in [5.41, 5.74) is 5.14. The van der Waals surface area contributed by atoms with Crippen LogP contribution in [-0.4, -0.2) is 14.2 Å². The fourth-order valence-corrected chi connectivity index (χ4v) is 2.99. The molecule has 0 heterocycles. The van der Waals surface area contributed by atoms with Crippen LogP contribution in [0, 0.1) is 6.92 Å². The molecule has 3 rings (SSSR count). The quantitative estimate of drug-likeness (QED) is 0.916. The molecule has 0 radical (unpaired) electrons. The Hall–Kier alpha value is -2.16. The van der Waals surface area contributed by atoms with E-state index in [1.165, 1.54) is 16.7 Å². The molecule has 0 bridgehead atoms. The van der Waals surface area contributed by atoms with Crippen LogP contribution in [0.1, 0.15) is 29.2 Å². The van der Waals surface area contributed by atoms with Crippen molar-refractivity contribution in [3.8, 4) is 11.5 Å². The molecule has 1 N–H and O–H groups in total. The van der Waals surface area contributed by atoms with Gasteiger partial charge in [-0.1, -0.05) is 23.8 Å². The van der Waals surface area contributed by atoms with Crippen molar-refractivity contribution in [2.75, 3.05) is 19.5 Å². The smallest absolute Gasteiger partial charge is 0.142 e. The zero-order valence-electron chi connectivity index (χ0n) is 12.8. The minimum absolute atomic E-state index is 0.334. The van der Waals surface area contributed by atoms with E-state index in [9.17, 15) is 0 Å². The van der Waals surface area contributed by atoms with Crippen LogP contribution in [0.3, 0.4) is 0 Å². The molecule has 0 aromatic heterocycles. The van der Waals surface area contributed by atoms with Gasteiger partial charge in [-0.25, -0.2) is 0 Å². The Morgan fingerprint density at radius 2 is 1.90 bits per heavy atom. The first-order valence-electron chi connectivity index (χ1n) is 7.29. The number of fused-ring (bicyclic) bond motifs is 1. The van der Waals surface area contributed by atoms with Crippen molar-refractivity contribution >= 4 is 5.69 Å². The summed E-state index contributed by atoms with van der Waals surface area (Å²) in [6.07, 6.45) is 2.23. The average Bonchev–Trinajstić information content (AvgIpc) is 2.89. The van der Waals surface area contributed by atoms with Crippen molar-refractivity contribution in [2.24, 2.45) is 0 Å². The fraction of sp³-hybridized carbons (Fsp3) is 0.333. The number of methoxy groups -OCH3 is 2. The van der Waals surface area contributed by atoms with Crippen LogP contribution in [0.25, 0.3) is 0 Å². The van der Waals surface area contributed by atoms with Gasteiger partial charge in [0.1, 0.15) is 11.5 Å². The van der Waals surface area contributed by atoms with Gasteiger partial charge >= 0.3 is 0 Å². The molecule has 110 valence electrons. The predicted octanol–water partition coefficient (Wildman–Crippen LogP) is 4.11. The third kappa shape index (κ3) is 2.68. The van der Waals surface area contributed by atoms with E-state index >= 15 is 0 Å². The zero-order chi connectivity index (χ0) is 14.8. The van der Waals surface area contributed by atoms with Gasteiger partial charge in [-0.3, -0.25) is 0 Å². The predicted molar refractivity (Wildman–Crippen MR) is 85.4 cm³/mol. The molecule has 1 aliphatic rings. The molecule has 0 fully saturated rings. The molecule has 2 aromatic rings. The van der Waals surface area contributed by atoms with E-state index in [0.717, 1.165) is 30.0 Å². The van der Waals surface area contributed by atoms with Gasteiger partial charge in [0.25, 0.3) is 0 Å². The number of hydrogen-bond donors (Lipinski definition) is 1. The van der Waals surface area contributed by atoms with Crippen LogP contribution in [-0.2, 0) is 6.42 Å². The molecule has 0 spiro atoms. The van der Waals surface area contributed by atoms with Crippen LogP contribution in [0.4, 0.5) is 5.69 Å². The lowest BCUT2D eigenvalue weighted by atomic mass is 10.0. The Morgan fingerprint density at radius 1 is 1.05 bits per heavy atom. The minimum atomic E-state index is 0.334. The van der Waals surface area contributed by atoms with Gasteiger partial charge in [-0.2, -0.15) is 0 Å². The number of aryl methyl sites for hydroxylation is 2. The van der Waals surface area contributed by atoms with E-state index in [4.69, 9.17) is 9.47 Å². The molecule has 21 heavy (non-hydrogen) atoms. The molecular formula is C18H21NO2. The lowest BCUT2D eigenvalue weighted by Gasteiger charge is -2.19. The molecule has 1 unspecified atom stereocenters. The Kier molecular flexibility index (Phi) is 3.74. The van der Waals surface area contributed by atoms with Crippen molar-refractivity contribution in [1.29, 1.82) is 0 Å². The average molecular weight is 283 g/mol. The van der Waals surface area contributed by atoms with Gasteiger partial charge in [-0.15, -0.1) is 0 Å². The highest BCUT2D eigenvalue weighted by Gasteiger charge is 2.23. The Labute approximate surface area is 125 Å². The third-order valence-electron chi connectivity index (χ3n) is 4.12. The number of hydrogen-bond acceptors (Lipinski definition) is 3. The second kappa shape index (κ2) is 5.68. The van der Waals surface area contributed by atoms with Crippen LogP contribution < -0.4 is 14.8 Å². The van der Waals surface area contributed by atoms with Gasteiger partial charge in [0.15, 0.2) is 0 Å². The van der Waals surface area contributed by atoms with Gasteiger partial charge in [0.05, 0.1) is 25.9 Å². The summed E-state index contributed by atoms with van der Waals surface area (Å²) >= 11 is 0. The Balaban J connectivity index is 1.90. The summed E-state index contributed by atoms with van der Waals surface area (Å²) in [5, 5.41) is 3.61. The van der Waals surface area contributed by atoms with Crippen LogP contribution in [0.15, 0.2) is 36.4 Å². The van der Waals surface area contributed by atoms with Crippen molar-refractivity contribution in [1.82, 2.24) is 0 Å². The highest BCUT2D eigenvalue weighted by molar-refractivity contribution is 5.61. The number of nitrogens with one attached hydrogen (secondary N) is 1. The molecule has 0 saturated carbocycles. The highest BCUT2D eigenvalue weighted by Crippen LogP contribution is 2.38. The maximum absolute atomic E-state index is 5.45. The normalized spacial score (nSPS) is 16.4. The van der Waals surface area contributed by atoms with Crippen molar-refractivity contribution in [3.63, 3.8) is 0 Å². The number of rotatable bonds is 4. The maximum Gasteiger partial charge on any atom is 0.142 e. The second-order valence-corrected chi connectivity index (χ2v) is 5.50. The van der Waals surface area contributed by atoms with E-state index in [1.807, 2.05) is 18.2 Å². The first-order valence-corrected chi connectivity index (χ1v) is 7.29. The molecule has 3 nitrogen and oxygen atoms in total. The number of anilines is 1. The van der Waals surface area contributed by atoms with E-state index in [1.54, 1.807) is 14.2 Å². The Morgan fingerprint density at radius 3 is 2.67 bits per heavy atom. The van der Waals surface area contributed by atoms with E-state index < -0.39 is 0 Å². The molecule has 1 atom stereocenters. The summed E-state index contributed by atoms with van der Waals surface area (Å²) in [7, 11) is 3.37. The third-order valence-corrected chi connectivity index (χ3v) is 4.12. The van der Waals surface area contributed by atoms with E-state index in [-0.39, 0.29) is 0 Å². The summed E-state index contributed by atoms with van der Waals surface area (Å²) in [6, 6.07) is 12.9. The van der Waals surface area contributed by atoms with E-state index in [2.05, 4.69) is 30.4 Å². The molecule has 0 aliphatic heterocycles. The topological polar surface area (TPSA) is 30.5 Å². The first-order chi connectivity index (χ1) is 10.2. The zero-order valence-corrected chi connectivity index (χ0v) is 12.8. The lowest BCUT2D eigenvalue weighted by Crippen LogP contribution is -2.08. The Bertz CT molecular complexity index is 652. The maximum atomic E-state index is 5.45. The number of ether oxygens (including phenoxy) is 2. The number of benzene rings is 2. The first kappa shape index (κ1) is 13.8. The van der Waals surface area contributed by atoms with Gasteiger partial charge in [0.2, 0.25) is 0 Å². The van der Waals surface area contributed by atoms with Crippen LogP contribution in [0.5, 0.6) is 11.5 Å². The van der Waals surface area contributed by atoms with Crippen molar-refractivity contribution in [3.05, 3.63) is 53.1 Å². The van der Waals surface area contributed by atoms with Crippen LogP contribution in [0.2, 0.25) is 0 Å². The summed E-state index contributed by atoms with van der Waals surface area (Å²) in [6.45, 7) is 2.14. The second-order valence-electron chi connectivity index (χ2n) is 5.50. The van der Waals surface area contributed by atoms with Crippen LogP contribution >= 0.6 is 0 Å².